The average Bonchev–Trinajstić information content (AvgIpc) is 3.36. The predicted molar refractivity (Wildman–Crippen MR) is 126 cm³/mol. The number of carbonyl (C=O) groups excluding carboxylic acids is 3. The van der Waals surface area contributed by atoms with Crippen LogP contribution in [0.2, 0.25) is 0 Å². The number of pyridine rings is 2. The Morgan fingerprint density at radius 2 is 2.03 bits per heavy atom. The van der Waals surface area contributed by atoms with Gasteiger partial charge in [-0.2, -0.15) is 0 Å². The molecule has 5 heterocycles. The van der Waals surface area contributed by atoms with Crippen molar-refractivity contribution in [2.24, 2.45) is 0 Å². The van der Waals surface area contributed by atoms with E-state index in [0.29, 0.717) is 25.6 Å². The molecule has 1 aliphatic rings. The zero-order valence-electron chi connectivity index (χ0n) is 16.9. The fourth-order valence-corrected chi connectivity index (χ4v) is 5.14. The normalized spacial score (nSPS) is 15.2. The SMILES string of the molecule is O=C(NCCN1C(=O)S/C(=C/c2cccnc2)C1=O)c1cc2c(=O)n3ccccc3nc2s1. The highest BCUT2D eigenvalue weighted by molar-refractivity contribution is 8.18. The number of imide groups is 1. The van der Waals surface area contributed by atoms with Crippen molar-refractivity contribution < 1.29 is 14.4 Å². The smallest absolute Gasteiger partial charge is 0.293 e. The molecule has 4 aromatic rings. The lowest BCUT2D eigenvalue weighted by molar-refractivity contribution is -0.122. The summed E-state index contributed by atoms with van der Waals surface area (Å²) in [5.41, 5.74) is 0.977. The number of amides is 3. The predicted octanol–water partition coefficient (Wildman–Crippen LogP) is 2.77. The fraction of sp³-hybridized carbons (Fsp3) is 0.0909. The van der Waals surface area contributed by atoms with Crippen LogP contribution in [0.4, 0.5) is 4.79 Å². The summed E-state index contributed by atoms with van der Waals surface area (Å²) in [6, 6.07) is 10.3. The first-order chi connectivity index (χ1) is 16.0. The Labute approximate surface area is 194 Å². The Bertz CT molecular complexity index is 1510. The third-order valence-corrected chi connectivity index (χ3v) is 6.85. The van der Waals surface area contributed by atoms with Gasteiger partial charge in [-0.15, -0.1) is 11.3 Å². The number of aromatic nitrogens is 3. The summed E-state index contributed by atoms with van der Waals surface area (Å²) in [5.74, 6) is -0.807. The molecule has 1 fully saturated rings. The number of nitrogens with one attached hydrogen (secondary N) is 1. The first kappa shape index (κ1) is 21.0. The van der Waals surface area contributed by atoms with E-state index in [1.807, 2.05) is 0 Å². The van der Waals surface area contributed by atoms with Crippen molar-refractivity contribution in [3.63, 3.8) is 0 Å². The van der Waals surface area contributed by atoms with Crippen LogP contribution in [-0.4, -0.2) is 49.4 Å². The molecule has 0 unspecified atom stereocenters. The summed E-state index contributed by atoms with van der Waals surface area (Å²) < 4.78 is 1.43. The van der Waals surface area contributed by atoms with Gasteiger partial charge in [0.1, 0.15) is 10.5 Å². The molecule has 1 saturated heterocycles. The average molecular weight is 478 g/mol. The van der Waals surface area contributed by atoms with E-state index in [1.165, 1.54) is 10.5 Å². The molecular weight excluding hydrogens is 462 g/mol. The quantitative estimate of drug-likeness (QED) is 0.440. The van der Waals surface area contributed by atoms with Gasteiger partial charge < -0.3 is 5.32 Å². The van der Waals surface area contributed by atoms with E-state index in [2.05, 4.69) is 15.3 Å². The Morgan fingerprint density at radius 3 is 2.85 bits per heavy atom. The van der Waals surface area contributed by atoms with E-state index in [0.717, 1.165) is 33.6 Å². The standard InChI is InChI=1S/C22H15N5O4S2/c28-18(15-11-14-19(32-15)25-17-5-1-2-8-26(17)20(14)29)24-7-9-27-21(30)16(33-22(27)31)10-13-4-3-6-23-12-13/h1-6,8,10-12H,7,9H2,(H,24,28)/b16-10+. The Hall–Kier alpha value is -3.83. The molecule has 11 heteroatoms. The zero-order chi connectivity index (χ0) is 22.9. The van der Waals surface area contributed by atoms with Crippen LogP contribution in [0.25, 0.3) is 21.9 Å². The van der Waals surface area contributed by atoms with Crippen LogP contribution in [0.15, 0.2) is 64.7 Å². The maximum Gasteiger partial charge on any atom is 0.293 e. The minimum absolute atomic E-state index is 0.0382. The molecule has 5 rings (SSSR count). The van der Waals surface area contributed by atoms with E-state index in [-0.39, 0.29) is 18.6 Å². The van der Waals surface area contributed by atoms with Gasteiger partial charge >= 0.3 is 0 Å². The first-order valence-corrected chi connectivity index (χ1v) is 11.5. The summed E-state index contributed by atoms with van der Waals surface area (Å²) >= 11 is 1.97. The summed E-state index contributed by atoms with van der Waals surface area (Å²) in [4.78, 5) is 60.7. The Morgan fingerprint density at radius 1 is 1.15 bits per heavy atom. The molecule has 0 atom stereocenters. The maximum atomic E-state index is 12.7. The molecule has 0 aliphatic carbocycles. The van der Waals surface area contributed by atoms with Crippen molar-refractivity contribution >= 4 is 62.1 Å². The number of carbonyl (C=O) groups is 3. The Kier molecular flexibility index (Phi) is 5.48. The number of rotatable bonds is 5. The second-order valence-electron chi connectivity index (χ2n) is 7.05. The first-order valence-electron chi connectivity index (χ1n) is 9.86. The lowest BCUT2D eigenvalue weighted by atomic mass is 10.2. The van der Waals surface area contributed by atoms with Crippen LogP contribution < -0.4 is 10.9 Å². The lowest BCUT2D eigenvalue weighted by Gasteiger charge is -2.12. The molecule has 4 aromatic heterocycles. The van der Waals surface area contributed by atoms with Crippen molar-refractivity contribution in [3.8, 4) is 0 Å². The van der Waals surface area contributed by atoms with Crippen molar-refractivity contribution in [3.05, 3.63) is 80.7 Å². The molecule has 0 saturated carbocycles. The summed E-state index contributed by atoms with van der Waals surface area (Å²) in [6.45, 7) is 0.121. The number of thiophene rings is 1. The fourth-order valence-electron chi connectivity index (χ4n) is 3.33. The van der Waals surface area contributed by atoms with E-state index in [1.54, 1.807) is 55.0 Å². The highest BCUT2D eigenvalue weighted by atomic mass is 32.2. The summed E-state index contributed by atoms with van der Waals surface area (Å²) in [6.07, 6.45) is 6.46. The molecule has 0 aromatic carbocycles. The molecule has 0 spiro atoms. The van der Waals surface area contributed by atoms with Gasteiger partial charge in [0.2, 0.25) is 0 Å². The van der Waals surface area contributed by atoms with Crippen LogP contribution in [0, 0.1) is 0 Å². The molecule has 33 heavy (non-hydrogen) atoms. The lowest BCUT2D eigenvalue weighted by Crippen LogP contribution is -2.37. The summed E-state index contributed by atoms with van der Waals surface area (Å²) in [7, 11) is 0. The van der Waals surface area contributed by atoms with E-state index in [4.69, 9.17) is 0 Å². The van der Waals surface area contributed by atoms with Crippen LogP contribution in [0.1, 0.15) is 15.2 Å². The number of nitrogens with zero attached hydrogens (tertiary/aromatic N) is 4. The van der Waals surface area contributed by atoms with Crippen LogP contribution in [0.5, 0.6) is 0 Å². The maximum absolute atomic E-state index is 12.7. The monoisotopic (exact) mass is 477 g/mol. The molecule has 1 aliphatic heterocycles. The third kappa shape index (κ3) is 4.03. The second kappa shape index (κ2) is 8.60. The second-order valence-corrected chi connectivity index (χ2v) is 9.07. The third-order valence-electron chi connectivity index (χ3n) is 4.92. The number of thioether (sulfide) groups is 1. The van der Waals surface area contributed by atoms with Gasteiger partial charge in [0.05, 0.1) is 15.2 Å². The van der Waals surface area contributed by atoms with Crippen LogP contribution in [0.3, 0.4) is 0 Å². The minimum atomic E-state index is -0.408. The number of fused-ring (bicyclic) bond motifs is 2. The van der Waals surface area contributed by atoms with Crippen LogP contribution in [-0.2, 0) is 4.79 Å². The van der Waals surface area contributed by atoms with Gasteiger partial charge in [0.25, 0.3) is 22.6 Å². The highest BCUT2D eigenvalue weighted by Crippen LogP contribution is 2.31. The van der Waals surface area contributed by atoms with Gasteiger partial charge in [-0.25, -0.2) is 4.98 Å². The topological polar surface area (TPSA) is 114 Å². The minimum Gasteiger partial charge on any atom is -0.350 e. The van der Waals surface area contributed by atoms with Gasteiger partial charge in [-0.1, -0.05) is 12.1 Å². The van der Waals surface area contributed by atoms with Gasteiger partial charge in [0.15, 0.2) is 0 Å². The summed E-state index contributed by atoms with van der Waals surface area (Å²) in [5, 5.41) is 2.67. The molecule has 164 valence electrons. The molecule has 3 amide bonds. The van der Waals surface area contributed by atoms with Crippen molar-refractivity contribution in [2.45, 2.75) is 0 Å². The number of hydrogen-bond donors (Lipinski definition) is 1. The number of hydrogen-bond acceptors (Lipinski definition) is 8. The van der Waals surface area contributed by atoms with Gasteiger partial charge in [-0.3, -0.25) is 33.5 Å². The molecule has 0 bridgehead atoms. The molecular formula is C22H15N5O4S2. The van der Waals surface area contributed by atoms with Gasteiger partial charge in [-0.05, 0) is 47.7 Å². The Balaban J connectivity index is 1.26. The van der Waals surface area contributed by atoms with E-state index >= 15 is 0 Å². The van der Waals surface area contributed by atoms with Gasteiger partial charge in [0, 0.05) is 31.7 Å². The van der Waals surface area contributed by atoms with E-state index in [9.17, 15) is 19.2 Å². The van der Waals surface area contributed by atoms with Crippen molar-refractivity contribution in [2.75, 3.05) is 13.1 Å². The van der Waals surface area contributed by atoms with Crippen molar-refractivity contribution in [1.82, 2.24) is 24.6 Å². The molecule has 1 N–H and O–H groups in total. The van der Waals surface area contributed by atoms with E-state index < -0.39 is 17.1 Å². The largest absolute Gasteiger partial charge is 0.350 e. The van der Waals surface area contributed by atoms with Crippen LogP contribution >= 0.6 is 23.1 Å². The zero-order valence-corrected chi connectivity index (χ0v) is 18.6. The molecule has 0 radical (unpaired) electrons. The van der Waals surface area contributed by atoms with Crippen molar-refractivity contribution in [1.29, 1.82) is 0 Å². The highest BCUT2D eigenvalue weighted by Gasteiger charge is 2.34. The molecule has 9 nitrogen and oxygen atoms in total.